The highest BCUT2D eigenvalue weighted by atomic mass is 79.9. The third-order valence-corrected chi connectivity index (χ3v) is 10.3. The van der Waals surface area contributed by atoms with E-state index in [1.54, 1.807) is 18.2 Å². The smallest absolute Gasteiger partial charge is 0.303 e. The SMILES string of the molecule is COc1cccc(O)c1[C@H]1C2=CC[C@@H]3C(=O)N(CCCC(=O)O)C(=O)[C@@H]3[C@@H]2C[C@@]2(Cl)C(=O)N(CBr)C(=O)[C@@]12Cl. The van der Waals surface area contributed by atoms with Gasteiger partial charge >= 0.3 is 5.97 Å². The zero-order valence-electron chi connectivity index (χ0n) is 20.7. The monoisotopic (exact) mass is 642 g/mol. The number of carbonyl (C=O) groups is 5. The normalized spacial score (nSPS) is 33.6. The number of carboxylic acid groups (broad SMARTS) is 1. The molecule has 4 amide bonds. The maximum absolute atomic E-state index is 13.8. The summed E-state index contributed by atoms with van der Waals surface area (Å²) in [6.45, 7) is -0.0456. The lowest BCUT2D eigenvalue weighted by Crippen LogP contribution is -2.60. The molecule has 13 heteroatoms. The van der Waals surface area contributed by atoms with Crippen molar-refractivity contribution >= 4 is 68.7 Å². The van der Waals surface area contributed by atoms with Crippen molar-refractivity contribution in [2.24, 2.45) is 17.8 Å². The lowest BCUT2D eigenvalue weighted by molar-refractivity contribution is -0.142. The molecule has 1 saturated carbocycles. The summed E-state index contributed by atoms with van der Waals surface area (Å²) in [5.41, 5.74) is 0.512. The predicted molar refractivity (Wildman–Crippen MR) is 142 cm³/mol. The fourth-order valence-electron chi connectivity index (χ4n) is 6.74. The number of hydrogen-bond donors (Lipinski definition) is 2. The van der Waals surface area contributed by atoms with Gasteiger partial charge in [-0.05, 0) is 37.3 Å². The van der Waals surface area contributed by atoms with Crippen LogP contribution in [0.5, 0.6) is 11.5 Å². The van der Waals surface area contributed by atoms with Gasteiger partial charge in [-0.3, -0.25) is 33.8 Å². The van der Waals surface area contributed by atoms with Crippen molar-refractivity contribution in [2.75, 3.05) is 19.1 Å². The molecule has 39 heavy (non-hydrogen) atoms. The van der Waals surface area contributed by atoms with Crippen molar-refractivity contribution < 1.29 is 38.9 Å². The quantitative estimate of drug-likeness (QED) is 0.200. The number of nitrogens with zero attached hydrogens (tertiary/aromatic N) is 2. The molecule has 2 aliphatic carbocycles. The first-order valence-corrected chi connectivity index (χ1v) is 14.2. The first kappa shape index (κ1) is 27.9. The van der Waals surface area contributed by atoms with Gasteiger partial charge in [-0.2, -0.15) is 0 Å². The summed E-state index contributed by atoms with van der Waals surface area (Å²) in [5, 5.41) is 20.0. The number of carboxylic acids is 1. The molecule has 6 atom stereocenters. The van der Waals surface area contributed by atoms with Gasteiger partial charge in [-0.25, -0.2) is 0 Å². The standard InChI is InChI=1S/C26H25BrCl2N2O8/c1-39-16-5-2-4-15(32)19(16)20-12-7-8-13-18(22(36)30(21(13)35)9-3-6-17(33)34)14(12)10-25(28)23(37)31(11-27)24(38)26(20,25)29/h2,4-5,7,13-14,18,20,32H,3,6,8-11H2,1H3,(H,33,34)/t13-,14+,18-,20+,25+,26-/m0/s1. The first-order valence-electron chi connectivity index (χ1n) is 12.4. The summed E-state index contributed by atoms with van der Waals surface area (Å²) in [5.74, 6) is -6.97. The number of likely N-dealkylation sites (tertiary alicyclic amines) is 2. The minimum Gasteiger partial charge on any atom is -0.508 e. The Balaban J connectivity index is 1.67. The van der Waals surface area contributed by atoms with Crippen LogP contribution >= 0.6 is 39.1 Å². The van der Waals surface area contributed by atoms with E-state index in [-0.39, 0.29) is 54.7 Å². The number of carbonyl (C=O) groups excluding carboxylic acids is 4. The number of benzene rings is 1. The van der Waals surface area contributed by atoms with Crippen LogP contribution < -0.4 is 4.74 Å². The average Bonchev–Trinajstić information content (AvgIpc) is 3.22. The highest BCUT2D eigenvalue weighted by Crippen LogP contribution is 2.67. The zero-order chi connectivity index (χ0) is 28.4. The Morgan fingerprint density at radius 2 is 1.85 bits per heavy atom. The van der Waals surface area contributed by atoms with Crippen molar-refractivity contribution in [3.63, 3.8) is 0 Å². The Bertz CT molecular complexity index is 1340. The maximum Gasteiger partial charge on any atom is 0.303 e. The van der Waals surface area contributed by atoms with Crippen LogP contribution in [0.3, 0.4) is 0 Å². The number of rotatable bonds is 7. The van der Waals surface area contributed by atoms with Crippen LogP contribution in [0.25, 0.3) is 0 Å². The van der Waals surface area contributed by atoms with Crippen LogP contribution in [0.1, 0.15) is 37.2 Å². The molecule has 2 heterocycles. The molecule has 0 aromatic heterocycles. The van der Waals surface area contributed by atoms with Gasteiger partial charge < -0.3 is 14.9 Å². The zero-order valence-corrected chi connectivity index (χ0v) is 23.8. The van der Waals surface area contributed by atoms with Gasteiger partial charge in [-0.15, -0.1) is 23.2 Å². The van der Waals surface area contributed by atoms with Crippen molar-refractivity contribution in [1.29, 1.82) is 0 Å². The van der Waals surface area contributed by atoms with Gasteiger partial charge in [0.15, 0.2) is 9.75 Å². The van der Waals surface area contributed by atoms with Crippen LogP contribution in [-0.4, -0.2) is 78.5 Å². The summed E-state index contributed by atoms with van der Waals surface area (Å²) in [6, 6.07) is 4.54. The Kier molecular flexibility index (Phi) is 7.00. The fourth-order valence-corrected chi connectivity index (χ4v) is 8.15. The van der Waals surface area contributed by atoms with Gasteiger partial charge in [0.1, 0.15) is 11.5 Å². The van der Waals surface area contributed by atoms with E-state index >= 15 is 0 Å². The van der Waals surface area contributed by atoms with E-state index in [0.717, 1.165) is 9.80 Å². The van der Waals surface area contributed by atoms with Crippen molar-refractivity contribution in [1.82, 2.24) is 9.80 Å². The van der Waals surface area contributed by atoms with Gasteiger partial charge in [0.05, 0.1) is 24.4 Å². The Morgan fingerprint density at radius 1 is 1.13 bits per heavy atom. The van der Waals surface area contributed by atoms with Gasteiger partial charge in [0.25, 0.3) is 11.8 Å². The second-order valence-corrected chi connectivity index (χ2v) is 11.9. The highest BCUT2D eigenvalue weighted by Gasteiger charge is 2.76. The number of alkyl halides is 3. The number of phenols is 1. The molecule has 2 N–H and O–H groups in total. The minimum atomic E-state index is -2.06. The van der Waals surface area contributed by atoms with E-state index < -0.39 is 63.0 Å². The largest absolute Gasteiger partial charge is 0.508 e. The number of methoxy groups -OCH3 is 1. The van der Waals surface area contributed by atoms with Gasteiger partial charge in [0.2, 0.25) is 11.8 Å². The number of aliphatic carboxylic acids is 1. The third-order valence-electron chi connectivity index (χ3n) is 8.43. The third kappa shape index (κ3) is 3.76. The molecule has 0 spiro atoms. The van der Waals surface area contributed by atoms with E-state index in [0.29, 0.717) is 5.57 Å². The molecule has 2 aliphatic heterocycles. The van der Waals surface area contributed by atoms with Crippen molar-refractivity contribution in [2.45, 2.75) is 41.3 Å². The lowest BCUT2D eigenvalue weighted by atomic mass is 9.56. The molecule has 0 bridgehead atoms. The number of imide groups is 2. The van der Waals surface area contributed by atoms with Gasteiger partial charge in [-0.1, -0.05) is 33.6 Å². The number of fused-ring (bicyclic) bond motifs is 4. The summed E-state index contributed by atoms with van der Waals surface area (Å²) in [6.07, 6.45) is 1.63. The molecule has 4 aliphatic rings. The van der Waals surface area contributed by atoms with E-state index in [9.17, 15) is 29.1 Å². The number of hydrogen-bond acceptors (Lipinski definition) is 7. The first-order chi connectivity index (χ1) is 18.4. The Hall–Kier alpha value is -2.63. The number of ether oxygens (including phenoxy) is 1. The second-order valence-electron chi connectivity index (χ2n) is 10.2. The molecule has 2 saturated heterocycles. The van der Waals surface area contributed by atoms with Crippen molar-refractivity contribution in [3.05, 3.63) is 35.4 Å². The van der Waals surface area contributed by atoms with Crippen LogP contribution in [-0.2, 0) is 24.0 Å². The molecule has 5 rings (SSSR count). The number of aromatic hydroxyl groups is 1. The Labute approximate surface area is 242 Å². The van der Waals surface area contributed by atoms with Crippen LogP contribution in [0.2, 0.25) is 0 Å². The van der Waals surface area contributed by atoms with Crippen molar-refractivity contribution in [3.8, 4) is 11.5 Å². The second kappa shape index (κ2) is 9.78. The molecular weight excluding hydrogens is 619 g/mol. The number of amides is 4. The number of halogens is 3. The topological polar surface area (TPSA) is 142 Å². The van der Waals surface area contributed by atoms with E-state index in [4.69, 9.17) is 33.0 Å². The predicted octanol–water partition coefficient (Wildman–Crippen LogP) is 2.98. The molecule has 3 fully saturated rings. The molecule has 0 radical (unpaired) electrons. The summed E-state index contributed by atoms with van der Waals surface area (Å²) < 4.78 is 5.52. The molecule has 208 valence electrons. The molecule has 0 unspecified atom stereocenters. The lowest BCUT2D eigenvalue weighted by Gasteiger charge is -2.51. The van der Waals surface area contributed by atoms with E-state index in [2.05, 4.69) is 15.9 Å². The maximum atomic E-state index is 13.8. The van der Waals surface area contributed by atoms with Gasteiger partial charge in [0, 0.05) is 24.4 Å². The summed E-state index contributed by atoms with van der Waals surface area (Å²) in [4.78, 5) is 63.3. The summed E-state index contributed by atoms with van der Waals surface area (Å²) in [7, 11) is 1.39. The highest BCUT2D eigenvalue weighted by molar-refractivity contribution is 9.09. The van der Waals surface area contributed by atoms with Crippen LogP contribution in [0.4, 0.5) is 0 Å². The van der Waals surface area contributed by atoms with E-state index in [1.807, 2.05) is 0 Å². The summed E-state index contributed by atoms with van der Waals surface area (Å²) >= 11 is 17.5. The molecule has 1 aromatic rings. The number of phenolic OH excluding ortho intramolecular Hbond substituents is 1. The van der Waals surface area contributed by atoms with Crippen LogP contribution in [0, 0.1) is 17.8 Å². The fraction of sp³-hybridized carbons (Fsp3) is 0.500. The molecular formula is C26H25BrCl2N2O8. The van der Waals surface area contributed by atoms with E-state index in [1.165, 1.54) is 13.2 Å². The average molecular weight is 644 g/mol. The molecule has 1 aromatic carbocycles. The molecule has 10 nitrogen and oxygen atoms in total. The minimum absolute atomic E-state index is 0.0456. The Morgan fingerprint density at radius 3 is 2.49 bits per heavy atom. The van der Waals surface area contributed by atoms with Crippen LogP contribution in [0.15, 0.2) is 29.8 Å². The number of allylic oxidation sites excluding steroid dienone is 2.